The molecular weight excluding hydrogens is 272 g/mol. The lowest BCUT2D eigenvalue weighted by atomic mass is 9.94. The lowest BCUT2D eigenvalue weighted by Crippen LogP contribution is -2.54. The molecule has 1 unspecified atom stereocenters. The minimum absolute atomic E-state index is 0.0240. The number of rotatable bonds is 2. The Morgan fingerprint density at radius 2 is 2.05 bits per heavy atom. The van der Waals surface area contributed by atoms with Crippen molar-refractivity contribution in [2.75, 3.05) is 13.2 Å². The van der Waals surface area contributed by atoms with Crippen molar-refractivity contribution in [2.45, 2.75) is 31.5 Å². The van der Waals surface area contributed by atoms with Crippen LogP contribution in [0.15, 0.2) is 24.3 Å². The van der Waals surface area contributed by atoms with Crippen molar-refractivity contribution in [3.63, 3.8) is 0 Å². The quantitative estimate of drug-likeness (QED) is 0.851. The third kappa shape index (κ3) is 2.85. The van der Waals surface area contributed by atoms with E-state index < -0.39 is 12.0 Å². The number of nitrogens with one attached hydrogen (secondary N) is 1. The van der Waals surface area contributed by atoms with Crippen molar-refractivity contribution >= 4 is 12.0 Å². The topological polar surface area (TPSA) is 78.9 Å². The molecule has 2 aliphatic rings. The number of fused-ring (bicyclic) bond motifs is 1. The first-order valence-electron chi connectivity index (χ1n) is 7.09. The van der Waals surface area contributed by atoms with Crippen LogP contribution in [0.4, 0.5) is 4.79 Å². The maximum atomic E-state index is 12.4. The maximum Gasteiger partial charge on any atom is 0.326 e. The largest absolute Gasteiger partial charge is 0.480 e. The third-order valence-corrected chi connectivity index (χ3v) is 4.05. The van der Waals surface area contributed by atoms with Gasteiger partial charge in [0.2, 0.25) is 0 Å². The first-order chi connectivity index (χ1) is 10.1. The van der Waals surface area contributed by atoms with Crippen LogP contribution in [0.5, 0.6) is 0 Å². The molecule has 0 bridgehead atoms. The fourth-order valence-electron chi connectivity index (χ4n) is 2.86. The Hall–Kier alpha value is -2.08. The summed E-state index contributed by atoms with van der Waals surface area (Å²) in [6, 6.07) is 6.49. The highest BCUT2D eigenvalue weighted by Crippen LogP contribution is 2.23. The van der Waals surface area contributed by atoms with Crippen molar-refractivity contribution in [2.24, 2.45) is 0 Å². The second-order valence-electron chi connectivity index (χ2n) is 5.46. The van der Waals surface area contributed by atoms with Gasteiger partial charge in [-0.2, -0.15) is 0 Å². The zero-order valence-corrected chi connectivity index (χ0v) is 11.6. The van der Waals surface area contributed by atoms with E-state index in [1.807, 2.05) is 24.3 Å². The zero-order valence-electron chi connectivity index (χ0n) is 11.6. The molecule has 1 aromatic carbocycles. The molecule has 21 heavy (non-hydrogen) atoms. The molecule has 2 amide bonds. The van der Waals surface area contributed by atoms with Crippen molar-refractivity contribution in [3.05, 3.63) is 35.4 Å². The number of carbonyl (C=O) groups is 2. The van der Waals surface area contributed by atoms with Gasteiger partial charge in [0.05, 0.1) is 12.6 Å². The van der Waals surface area contributed by atoms with E-state index in [2.05, 4.69) is 5.32 Å². The number of carboxylic acid groups (broad SMARTS) is 1. The minimum Gasteiger partial charge on any atom is -0.480 e. The third-order valence-electron chi connectivity index (χ3n) is 4.05. The monoisotopic (exact) mass is 290 g/mol. The number of hydrogen-bond donors (Lipinski definition) is 2. The molecule has 3 rings (SSSR count). The lowest BCUT2D eigenvalue weighted by Gasteiger charge is -2.35. The summed E-state index contributed by atoms with van der Waals surface area (Å²) >= 11 is 0. The number of carbonyl (C=O) groups excluding carboxylic acids is 1. The normalized spacial score (nSPS) is 24.5. The van der Waals surface area contributed by atoms with Crippen LogP contribution >= 0.6 is 0 Å². The maximum absolute atomic E-state index is 12.4. The van der Waals surface area contributed by atoms with E-state index in [0.29, 0.717) is 26.2 Å². The Morgan fingerprint density at radius 1 is 1.29 bits per heavy atom. The molecule has 2 atom stereocenters. The van der Waals surface area contributed by atoms with Gasteiger partial charge in [0.1, 0.15) is 6.04 Å². The van der Waals surface area contributed by atoms with Crippen LogP contribution in [-0.4, -0.2) is 47.3 Å². The van der Waals surface area contributed by atoms with E-state index >= 15 is 0 Å². The molecule has 0 aliphatic carbocycles. The molecule has 6 nitrogen and oxygen atoms in total. The van der Waals surface area contributed by atoms with Crippen LogP contribution < -0.4 is 5.32 Å². The molecule has 1 fully saturated rings. The lowest BCUT2D eigenvalue weighted by molar-refractivity contribution is -0.142. The molecule has 0 spiro atoms. The first-order valence-corrected chi connectivity index (χ1v) is 7.09. The summed E-state index contributed by atoms with van der Waals surface area (Å²) in [6.45, 7) is 1.45. The summed E-state index contributed by atoms with van der Waals surface area (Å²) in [7, 11) is 0. The van der Waals surface area contributed by atoms with Gasteiger partial charge in [-0.1, -0.05) is 24.3 Å². The molecule has 2 aliphatic heterocycles. The van der Waals surface area contributed by atoms with Crippen molar-refractivity contribution in [1.29, 1.82) is 0 Å². The number of amides is 2. The van der Waals surface area contributed by atoms with Gasteiger partial charge in [-0.25, -0.2) is 9.59 Å². The number of ether oxygens (including phenoxy) is 1. The highest BCUT2D eigenvalue weighted by molar-refractivity contribution is 5.83. The van der Waals surface area contributed by atoms with Crippen molar-refractivity contribution < 1.29 is 19.4 Å². The number of benzene rings is 1. The Balaban J connectivity index is 1.78. The van der Waals surface area contributed by atoms with Crippen molar-refractivity contribution in [3.8, 4) is 0 Å². The fourth-order valence-corrected chi connectivity index (χ4v) is 2.86. The average molecular weight is 290 g/mol. The van der Waals surface area contributed by atoms with Crippen LogP contribution in [0.25, 0.3) is 0 Å². The molecule has 1 aromatic rings. The summed E-state index contributed by atoms with van der Waals surface area (Å²) in [5, 5.41) is 12.3. The fraction of sp³-hybridized carbons (Fsp3) is 0.467. The summed E-state index contributed by atoms with van der Waals surface area (Å²) in [4.78, 5) is 25.3. The van der Waals surface area contributed by atoms with Crippen molar-refractivity contribution in [1.82, 2.24) is 10.2 Å². The molecule has 112 valence electrons. The Morgan fingerprint density at radius 3 is 2.71 bits per heavy atom. The van der Waals surface area contributed by atoms with Gasteiger partial charge in [0, 0.05) is 19.6 Å². The molecule has 2 N–H and O–H groups in total. The van der Waals surface area contributed by atoms with E-state index in [-0.39, 0.29) is 12.1 Å². The van der Waals surface area contributed by atoms with Gasteiger partial charge >= 0.3 is 12.0 Å². The van der Waals surface area contributed by atoms with Gasteiger partial charge < -0.3 is 20.1 Å². The second-order valence-corrected chi connectivity index (χ2v) is 5.46. The smallest absolute Gasteiger partial charge is 0.326 e. The summed E-state index contributed by atoms with van der Waals surface area (Å²) in [5.41, 5.74) is 2.01. The van der Waals surface area contributed by atoms with Crippen LogP contribution in [0.1, 0.15) is 17.5 Å². The number of urea groups is 1. The first kappa shape index (κ1) is 13.9. The highest BCUT2D eigenvalue weighted by atomic mass is 16.5. The highest BCUT2D eigenvalue weighted by Gasteiger charge is 2.35. The second kappa shape index (κ2) is 5.73. The van der Waals surface area contributed by atoms with Crippen LogP contribution in [0, 0.1) is 0 Å². The predicted molar refractivity (Wildman–Crippen MR) is 74.9 cm³/mol. The van der Waals surface area contributed by atoms with E-state index in [1.54, 1.807) is 0 Å². The SMILES string of the molecule is O=C(O)[C@H]1Cc2ccccc2CN1C(=O)NC1CCOC1. The Bertz CT molecular complexity index is 554. The number of carboxylic acids is 1. The van der Waals surface area contributed by atoms with Crippen LogP contribution in [0.3, 0.4) is 0 Å². The molecular formula is C15H18N2O4. The van der Waals surface area contributed by atoms with Gasteiger partial charge in [-0.15, -0.1) is 0 Å². The number of hydrogen-bond acceptors (Lipinski definition) is 3. The molecule has 1 saturated heterocycles. The van der Waals surface area contributed by atoms with E-state index in [0.717, 1.165) is 17.5 Å². The average Bonchev–Trinajstić information content (AvgIpc) is 2.98. The van der Waals surface area contributed by atoms with Gasteiger partial charge in [-0.05, 0) is 17.5 Å². The van der Waals surface area contributed by atoms with E-state index in [9.17, 15) is 14.7 Å². The molecule has 6 heteroatoms. The molecule has 0 saturated carbocycles. The predicted octanol–water partition coefficient (Wildman–Crippen LogP) is 0.996. The van der Waals surface area contributed by atoms with Gasteiger partial charge in [0.25, 0.3) is 0 Å². The molecule has 0 aromatic heterocycles. The van der Waals surface area contributed by atoms with Gasteiger partial charge in [0.15, 0.2) is 0 Å². The van der Waals surface area contributed by atoms with Gasteiger partial charge in [-0.3, -0.25) is 0 Å². The summed E-state index contributed by atoms with van der Waals surface area (Å²) in [5.74, 6) is -0.970. The molecule has 2 heterocycles. The number of aliphatic carboxylic acids is 1. The van der Waals surface area contributed by atoms with Crippen LogP contribution in [-0.2, 0) is 22.5 Å². The number of nitrogens with zero attached hydrogens (tertiary/aromatic N) is 1. The van der Waals surface area contributed by atoms with E-state index in [4.69, 9.17) is 4.74 Å². The van der Waals surface area contributed by atoms with Crippen LogP contribution in [0.2, 0.25) is 0 Å². The Labute approximate surface area is 122 Å². The Kier molecular flexibility index (Phi) is 3.79. The summed E-state index contributed by atoms with van der Waals surface area (Å²) < 4.78 is 5.23. The zero-order chi connectivity index (χ0) is 14.8. The summed E-state index contributed by atoms with van der Waals surface area (Å²) in [6.07, 6.45) is 1.12. The van der Waals surface area contributed by atoms with E-state index in [1.165, 1.54) is 4.90 Å². The molecule has 0 radical (unpaired) electrons. The standard InChI is InChI=1S/C15H18N2O4/c18-14(19)13-7-10-3-1-2-4-11(10)8-17(13)15(20)16-12-5-6-21-9-12/h1-4,12-13H,5-9H2,(H,16,20)(H,18,19)/t12?,13-/m1/s1. The minimum atomic E-state index is -0.970.